The number of hydrogen-bond donors (Lipinski definition) is 1. The maximum atomic E-state index is 12.6. The number of phenolic OH excluding ortho intramolecular Hbond substituents is 1. The van der Waals surface area contributed by atoms with Crippen molar-refractivity contribution in [1.29, 1.82) is 0 Å². The van der Waals surface area contributed by atoms with Crippen LogP contribution in [0.2, 0.25) is 0 Å². The van der Waals surface area contributed by atoms with Crippen molar-refractivity contribution in [2.24, 2.45) is 0 Å². The van der Waals surface area contributed by atoms with Gasteiger partial charge in [0.15, 0.2) is 5.78 Å². The summed E-state index contributed by atoms with van der Waals surface area (Å²) in [5.74, 6) is 2.42. The van der Waals surface area contributed by atoms with E-state index in [0.717, 1.165) is 29.9 Å². The summed E-state index contributed by atoms with van der Waals surface area (Å²) in [6.45, 7) is 7.83. The van der Waals surface area contributed by atoms with Crippen LogP contribution < -0.4 is 9.47 Å². The van der Waals surface area contributed by atoms with Crippen LogP contribution in [0.4, 0.5) is 0 Å². The predicted molar refractivity (Wildman–Crippen MR) is 117 cm³/mol. The summed E-state index contributed by atoms with van der Waals surface area (Å²) in [6.07, 6.45) is 8.45. The van der Waals surface area contributed by atoms with Crippen LogP contribution in [0.15, 0.2) is 72.2 Å². The molecule has 2 aromatic rings. The van der Waals surface area contributed by atoms with Crippen LogP contribution in [0, 0.1) is 0 Å². The van der Waals surface area contributed by atoms with Gasteiger partial charge in [-0.15, -0.1) is 0 Å². The second-order valence-corrected chi connectivity index (χ2v) is 6.34. The van der Waals surface area contributed by atoms with E-state index in [9.17, 15) is 9.90 Å². The lowest BCUT2D eigenvalue weighted by Crippen LogP contribution is -1.98. The normalized spacial score (nSPS) is 12.3. The summed E-state index contributed by atoms with van der Waals surface area (Å²) in [5, 5.41) is 10.3. The first-order chi connectivity index (χ1) is 14.0. The molecule has 0 aliphatic rings. The molecule has 2 rings (SSSR count). The summed E-state index contributed by atoms with van der Waals surface area (Å²) in [4.78, 5) is 12.6. The lowest BCUT2D eigenvalue weighted by molar-refractivity contribution is 0.104. The van der Waals surface area contributed by atoms with Gasteiger partial charge in [0.25, 0.3) is 0 Å². The van der Waals surface area contributed by atoms with E-state index in [4.69, 9.17) is 9.47 Å². The molecule has 0 atom stereocenters. The Balaban J connectivity index is 2.19. The third-order valence-corrected chi connectivity index (χ3v) is 4.40. The molecule has 0 radical (unpaired) electrons. The molecule has 4 nitrogen and oxygen atoms in total. The largest absolute Gasteiger partial charge is 0.507 e. The molecule has 152 valence electrons. The van der Waals surface area contributed by atoms with Gasteiger partial charge >= 0.3 is 0 Å². The third-order valence-electron chi connectivity index (χ3n) is 4.40. The maximum absolute atomic E-state index is 12.6. The minimum atomic E-state index is -0.299. The molecule has 1 N–H and O–H groups in total. The van der Waals surface area contributed by atoms with Crippen LogP contribution in [0.25, 0.3) is 6.08 Å². The van der Waals surface area contributed by atoms with E-state index in [2.05, 4.69) is 0 Å². The molecule has 4 heteroatoms. The number of aromatic hydroxyl groups is 1. The molecule has 0 bridgehead atoms. The number of allylic oxidation sites excluding steroid dienone is 5. The lowest BCUT2D eigenvalue weighted by atomic mass is 10.1. The van der Waals surface area contributed by atoms with Crippen molar-refractivity contribution in [1.82, 2.24) is 0 Å². The average Bonchev–Trinajstić information content (AvgIpc) is 2.74. The summed E-state index contributed by atoms with van der Waals surface area (Å²) < 4.78 is 11.6. The van der Waals surface area contributed by atoms with Gasteiger partial charge in [0.05, 0.1) is 17.1 Å². The maximum Gasteiger partial charge on any atom is 0.189 e. The number of ketones is 1. The Labute approximate surface area is 172 Å². The van der Waals surface area contributed by atoms with Gasteiger partial charge in [0.2, 0.25) is 0 Å². The van der Waals surface area contributed by atoms with E-state index < -0.39 is 0 Å². The van der Waals surface area contributed by atoms with Crippen molar-refractivity contribution in [3.8, 4) is 17.2 Å². The first-order valence-corrected chi connectivity index (χ1v) is 9.82. The fourth-order valence-electron chi connectivity index (χ4n) is 2.71. The molecule has 0 aromatic heterocycles. The Morgan fingerprint density at radius 2 is 1.62 bits per heavy atom. The summed E-state index contributed by atoms with van der Waals surface area (Å²) in [5.41, 5.74) is 1.00. The van der Waals surface area contributed by atoms with E-state index in [1.807, 2.05) is 64.1 Å². The number of rotatable bonds is 9. The molecule has 0 heterocycles. The highest BCUT2D eigenvalue weighted by molar-refractivity contribution is 6.08. The molecule has 0 amide bonds. The van der Waals surface area contributed by atoms with Crippen LogP contribution in [0.1, 0.15) is 56.5 Å². The van der Waals surface area contributed by atoms with Crippen molar-refractivity contribution >= 4 is 11.9 Å². The van der Waals surface area contributed by atoms with Crippen LogP contribution >= 0.6 is 0 Å². The monoisotopic (exact) mass is 392 g/mol. The molecule has 29 heavy (non-hydrogen) atoms. The van der Waals surface area contributed by atoms with Crippen molar-refractivity contribution in [3.05, 3.63) is 83.3 Å². The van der Waals surface area contributed by atoms with Crippen molar-refractivity contribution in [3.63, 3.8) is 0 Å². The van der Waals surface area contributed by atoms with E-state index >= 15 is 0 Å². The zero-order valence-corrected chi connectivity index (χ0v) is 17.4. The van der Waals surface area contributed by atoms with Crippen LogP contribution in [-0.4, -0.2) is 10.9 Å². The van der Waals surface area contributed by atoms with Crippen LogP contribution in [0.5, 0.6) is 17.2 Å². The molecule has 0 spiro atoms. The van der Waals surface area contributed by atoms with Crippen LogP contribution in [-0.2, 0) is 0 Å². The van der Waals surface area contributed by atoms with Gasteiger partial charge in [-0.1, -0.05) is 32.0 Å². The SMILES string of the molecule is CC=C(CC)Oc1ccc(C(=O)C=Cc2ccccc2OC(=CC)CC)c(O)c1. The Hall–Kier alpha value is -3.27. The zero-order chi connectivity index (χ0) is 21.2. The fraction of sp³-hybridized carbons (Fsp3) is 0.240. The van der Waals surface area contributed by atoms with Gasteiger partial charge in [-0.2, -0.15) is 0 Å². The van der Waals surface area contributed by atoms with Crippen molar-refractivity contribution < 1.29 is 19.4 Å². The third kappa shape index (κ3) is 6.11. The van der Waals surface area contributed by atoms with Crippen LogP contribution in [0.3, 0.4) is 0 Å². The highest BCUT2D eigenvalue weighted by atomic mass is 16.5. The molecular weight excluding hydrogens is 364 g/mol. The summed E-state index contributed by atoms with van der Waals surface area (Å²) >= 11 is 0. The smallest absolute Gasteiger partial charge is 0.189 e. The second kappa shape index (κ2) is 10.9. The Morgan fingerprint density at radius 1 is 0.966 bits per heavy atom. The minimum Gasteiger partial charge on any atom is -0.507 e. The molecule has 0 saturated heterocycles. The number of phenols is 1. The average molecular weight is 392 g/mol. The molecule has 2 aromatic carbocycles. The number of ether oxygens (including phenoxy) is 2. The molecule has 0 aliphatic heterocycles. The second-order valence-electron chi connectivity index (χ2n) is 6.34. The number of carbonyl (C=O) groups excluding carboxylic acids is 1. The van der Waals surface area contributed by atoms with Gasteiger partial charge in [0, 0.05) is 24.5 Å². The van der Waals surface area contributed by atoms with Gasteiger partial charge in [-0.05, 0) is 56.4 Å². The molecule has 0 saturated carbocycles. The van der Waals surface area contributed by atoms with Gasteiger partial charge < -0.3 is 14.6 Å². The summed E-state index contributed by atoms with van der Waals surface area (Å²) in [7, 11) is 0. The van der Waals surface area contributed by atoms with Crippen molar-refractivity contribution in [2.75, 3.05) is 0 Å². The number of benzene rings is 2. The first-order valence-electron chi connectivity index (χ1n) is 9.82. The van der Waals surface area contributed by atoms with Gasteiger partial charge in [0.1, 0.15) is 17.2 Å². The highest BCUT2D eigenvalue weighted by Crippen LogP contribution is 2.27. The Kier molecular flexibility index (Phi) is 8.28. The number of para-hydroxylation sites is 1. The quantitative estimate of drug-likeness (QED) is 0.294. The minimum absolute atomic E-state index is 0.115. The van der Waals surface area contributed by atoms with E-state index in [-0.39, 0.29) is 17.1 Å². The van der Waals surface area contributed by atoms with Crippen molar-refractivity contribution in [2.45, 2.75) is 40.5 Å². The predicted octanol–water partition coefficient (Wildman–Crippen LogP) is 6.67. The molecule has 0 unspecified atom stereocenters. The van der Waals surface area contributed by atoms with E-state index in [1.54, 1.807) is 18.2 Å². The molecular formula is C25H28O4. The molecule has 0 fully saturated rings. The van der Waals surface area contributed by atoms with E-state index in [1.165, 1.54) is 12.1 Å². The number of carbonyl (C=O) groups is 1. The Bertz CT molecular complexity index is 936. The highest BCUT2D eigenvalue weighted by Gasteiger charge is 2.11. The van der Waals surface area contributed by atoms with Gasteiger partial charge in [-0.3, -0.25) is 4.79 Å². The Morgan fingerprint density at radius 3 is 2.24 bits per heavy atom. The lowest BCUT2D eigenvalue weighted by Gasteiger charge is -2.11. The van der Waals surface area contributed by atoms with E-state index in [0.29, 0.717) is 11.5 Å². The summed E-state index contributed by atoms with van der Waals surface area (Å²) in [6, 6.07) is 12.2. The first kappa shape index (κ1) is 22.0. The van der Waals surface area contributed by atoms with Gasteiger partial charge in [-0.25, -0.2) is 0 Å². The topological polar surface area (TPSA) is 55.8 Å². The zero-order valence-electron chi connectivity index (χ0n) is 17.4. The number of hydrogen-bond acceptors (Lipinski definition) is 4. The molecule has 0 aliphatic carbocycles. The fourth-order valence-corrected chi connectivity index (χ4v) is 2.71. The standard InChI is InChI=1S/C25H28O4/c1-5-19(6-2)28-21-14-15-22(24(27)17-21)23(26)16-13-18-11-9-10-12-25(18)29-20(7-3)8-4/h5,7,9-17,27H,6,8H2,1-4H3.